The zero-order valence-electron chi connectivity index (χ0n) is 13.7. The Morgan fingerprint density at radius 2 is 1.38 bits per heavy atom. The van der Waals surface area contributed by atoms with Crippen LogP contribution in [0, 0.1) is 23.3 Å². The first-order chi connectivity index (χ1) is 12.3. The van der Waals surface area contributed by atoms with E-state index in [2.05, 4.69) is 10.6 Å². The molecule has 0 aliphatic rings. The molecule has 26 heavy (non-hydrogen) atoms. The van der Waals surface area contributed by atoms with Crippen LogP contribution in [0.25, 0.3) is 0 Å². The smallest absolute Gasteiger partial charge is 0.279 e. The van der Waals surface area contributed by atoms with Crippen LogP contribution in [-0.4, -0.2) is 32.0 Å². The Hall–Kier alpha value is -2.94. The van der Waals surface area contributed by atoms with Gasteiger partial charge in [-0.25, -0.2) is 17.6 Å². The number of anilines is 2. The van der Waals surface area contributed by atoms with Gasteiger partial charge in [0.25, 0.3) is 11.8 Å². The fourth-order valence-corrected chi connectivity index (χ4v) is 2.18. The van der Waals surface area contributed by atoms with Crippen LogP contribution >= 0.6 is 0 Å². The second-order valence-electron chi connectivity index (χ2n) is 5.61. The van der Waals surface area contributed by atoms with Gasteiger partial charge in [-0.3, -0.25) is 9.59 Å². The summed E-state index contributed by atoms with van der Waals surface area (Å²) in [6, 6.07) is 7.19. The van der Waals surface area contributed by atoms with E-state index >= 15 is 0 Å². The number of para-hydroxylation sites is 1. The van der Waals surface area contributed by atoms with Crippen molar-refractivity contribution in [2.24, 2.45) is 0 Å². The molecule has 0 aromatic heterocycles. The highest BCUT2D eigenvalue weighted by Crippen LogP contribution is 2.19. The minimum Gasteiger partial charge on any atom is -0.322 e. The molecule has 0 radical (unpaired) electrons. The molecule has 0 aliphatic carbocycles. The summed E-state index contributed by atoms with van der Waals surface area (Å²) in [5, 5.41) is 4.48. The van der Waals surface area contributed by atoms with Gasteiger partial charge >= 0.3 is 0 Å². The molecule has 0 fully saturated rings. The first-order valence-electron chi connectivity index (χ1n) is 7.57. The van der Waals surface area contributed by atoms with E-state index in [-0.39, 0.29) is 18.8 Å². The van der Waals surface area contributed by atoms with E-state index in [4.69, 9.17) is 0 Å². The van der Waals surface area contributed by atoms with Crippen LogP contribution in [0.4, 0.5) is 28.9 Å². The van der Waals surface area contributed by atoms with E-state index < -0.39 is 40.8 Å². The van der Waals surface area contributed by atoms with Gasteiger partial charge in [-0.1, -0.05) is 12.1 Å². The number of quaternary nitrogens is 1. The van der Waals surface area contributed by atoms with Crippen LogP contribution in [-0.2, 0) is 9.59 Å². The molecule has 2 aromatic carbocycles. The molecule has 0 saturated heterocycles. The highest BCUT2D eigenvalue weighted by Gasteiger charge is 2.19. The number of nitrogens with one attached hydrogen (secondary N) is 3. The van der Waals surface area contributed by atoms with E-state index in [1.54, 1.807) is 6.07 Å². The van der Waals surface area contributed by atoms with Gasteiger partial charge in [0.05, 0.1) is 18.4 Å². The molecule has 1 unspecified atom stereocenters. The average Bonchev–Trinajstić information content (AvgIpc) is 2.57. The van der Waals surface area contributed by atoms with Gasteiger partial charge in [0.1, 0.15) is 5.82 Å². The van der Waals surface area contributed by atoms with E-state index in [1.165, 1.54) is 25.2 Å². The molecular formula is C17H16F4N3O2+. The normalized spacial score (nSPS) is 11.7. The highest BCUT2D eigenvalue weighted by atomic mass is 19.2. The first-order valence-corrected chi connectivity index (χ1v) is 7.57. The van der Waals surface area contributed by atoms with Gasteiger partial charge in [-0.2, -0.15) is 0 Å². The lowest BCUT2D eigenvalue weighted by Gasteiger charge is -2.14. The quantitative estimate of drug-likeness (QED) is 0.531. The number of amides is 2. The second kappa shape index (κ2) is 8.43. The number of likely N-dealkylation sites (N-methyl/N-ethyl adjacent to an activating group) is 1. The van der Waals surface area contributed by atoms with E-state index in [1.807, 2.05) is 0 Å². The molecule has 3 N–H and O–H groups in total. The van der Waals surface area contributed by atoms with Crippen LogP contribution in [0.1, 0.15) is 0 Å². The Morgan fingerprint density at radius 1 is 0.808 bits per heavy atom. The number of hydrogen-bond donors (Lipinski definition) is 3. The van der Waals surface area contributed by atoms with Gasteiger partial charge in [0.15, 0.2) is 30.5 Å². The Bertz CT molecular complexity index is 830. The highest BCUT2D eigenvalue weighted by molar-refractivity contribution is 5.93. The maximum atomic E-state index is 13.5. The molecule has 0 aliphatic heterocycles. The van der Waals surface area contributed by atoms with Crippen molar-refractivity contribution < 1.29 is 32.1 Å². The zero-order valence-corrected chi connectivity index (χ0v) is 13.7. The predicted molar refractivity (Wildman–Crippen MR) is 86.6 cm³/mol. The summed E-state index contributed by atoms with van der Waals surface area (Å²) in [5.41, 5.74) is -0.490. The number of benzene rings is 2. The summed E-state index contributed by atoms with van der Waals surface area (Å²) in [4.78, 5) is 24.1. The van der Waals surface area contributed by atoms with Crippen molar-refractivity contribution in [3.8, 4) is 0 Å². The van der Waals surface area contributed by atoms with E-state index in [9.17, 15) is 27.2 Å². The number of hydrogen-bond acceptors (Lipinski definition) is 2. The minimum atomic E-state index is -1.69. The molecular weight excluding hydrogens is 354 g/mol. The van der Waals surface area contributed by atoms with E-state index in [0.717, 1.165) is 6.07 Å². The first kappa shape index (κ1) is 19.4. The van der Waals surface area contributed by atoms with Gasteiger partial charge in [0.2, 0.25) is 0 Å². The topological polar surface area (TPSA) is 62.6 Å². The molecule has 0 saturated carbocycles. The van der Waals surface area contributed by atoms with Crippen LogP contribution in [0.3, 0.4) is 0 Å². The Kier molecular flexibility index (Phi) is 6.29. The number of carbonyl (C=O) groups is 2. The van der Waals surface area contributed by atoms with Crippen LogP contribution < -0.4 is 15.5 Å². The standard InChI is InChI=1S/C17H15F4N3O2/c1-24(8-14(25)22-12-5-3-2-4-10(12)18)9-15(26)23-13-7-6-11(19)16(20)17(13)21/h2-7H,8-9H2,1H3,(H,22,25)(H,23,26)/p+1. The fourth-order valence-electron chi connectivity index (χ4n) is 2.18. The van der Waals surface area contributed by atoms with Crippen molar-refractivity contribution in [2.75, 3.05) is 30.8 Å². The fraction of sp³-hybridized carbons (Fsp3) is 0.176. The Labute approximate surface area is 146 Å². The summed E-state index contributed by atoms with van der Waals surface area (Å²) in [6.07, 6.45) is 0. The third-order valence-corrected chi connectivity index (χ3v) is 3.38. The Balaban J connectivity index is 1.88. The van der Waals surface area contributed by atoms with Crippen molar-refractivity contribution >= 4 is 23.2 Å². The molecule has 1 atom stereocenters. The average molecular weight is 370 g/mol. The molecule has 0 heterocycles. The number of rotatable bonds is 6. The van der Waals surface area contributed by atoms with Gasteiger partial charge < -0.3 is 15.5 Å². The van der Waals surface area contributed by atoms with Crippen LogP contribution in [0.5, 0.6) is 0 Å². The summed E-state index contributed by atoms with van der Waals surface area (Å²) >= 11 is 0. The SMILES string of the molecule is C[NH+](CC(=O)Nc1ccccc1F)CC(=O)Nc1ccc(F)c(F)c1F. The minimum absolute atomic E-state index is 0.0126. The van der Waals surface area contributed by atoms with Gasteiger partial charge in [-0.05, 0) is 24.3 Å². The number of carbonyl (C=O) groups excluding carboxylic acids is 2. The van der Waals surface area contributed by atoms with Crippen LogP contribution in [0.15, 0.2) is 36.4 Å². The van der Waals surface area contributed by atoms with Crippen molar-refractivity contribution in [2.45, 2.75) is 0 Å². The summed E-state index contributed by atoms with van der Waals surface area (Å²) in [6.45, 7) is -0.412. The van der Waals surface area contributed by atoms with Gasteiger partial charge in [-0.15, -0.1) is 0 Å². The summed E-state index contributed by atoms with van der Waals surface area (Å²) < 4.78 is 53.0. The van der Waals surface area contributed by atoms with Crippen molar-refractivity contribution in [3.05, 3.63) is 59.7 Å². The summed E-state index contributed by atoms with van der Waals surface area (Å²) in [7, 11) is 1.52. The molecule has 0 spiro atoms. The largest absolute Gasteiger partial charge is 0.322 e. The van der Waals surface area contributed by atoms with Crippen molar-refractivity contribution in [3.63, 3.8) is 0 Å². The maximum Gasteiger partial charge on any atom is 0.279 e. The van der Waals surface area contributed by atoms with Crippen molar-refractivity contribution in [1.29, 1.82) is 0 Å². The molecule has 5 nitrogen and oxygen atoms in total. The molecule has 9 heteroatoms. The number of halogens is 4. The summed E-state index contributed by atoms with van der Waals surface area (Å²) in [5.74, 6) is -6.38. The van der Waals surface area contributed by atoms with Gasteiger partial charge in [0, 0.05) is 0 Å². The predicted octanol–water partition coefficient (Wildman–Crippen LogP) is 1.33. The lowest BCUT2D eigenvalue weighted by atomic mass is 10.2. The zero-order chi connectivity index (χ0) is 19.3. The molecule has 2 amide bonds. The second-order valence-corrected chi connectivity index (χ2v) is 5.61. The monoisotopic (exact) mass is 370 g/mol. The lowest BCUT2D eigenvalue weighted by molar-refractivity contribution is -0.862. The maximum absolute atomic E-state index is 13.5. The van der Waals surface area contributed by atoms with E-state index in [0.29, 0.717) is 11.0 Å². The molecule has 2 aromatic rings. The third-order valence-electron chi connectivity index (χ3n) is 3.38. The Morgan fingerprint density at radius 3 is 2.00 bits per heavy atom. The van der Waals surface area contributed by atoms with Crippen molar-refractivity contribution in [1.82, 2.24) is 0 Å². The van der Waals surface area contributed by atoms with Crippen LogP contribution in [0.2, 0.25) is 0 Å². The third kappa shape index (κ3) is 5.03. The molecule has 2 rings (SSSR count). The lowest BCUT2D eigenvalue weighted by Crippen LogP contribution is -3.11. The molecule has 0 bridgehead atoms. The molecule has 138 valence electrons.